The van der Waals surface area contributed by atoms with Gasteiger partial charge in [-0.25, -0.2) is 0 Å². The normalized spacial score (nSPS) is 10.2. The van der Waals surface area contributed by atoms with Gasteiger partial charge in [0.05, 0.1) is 13.2 Å². The van der Waals surface area contributed by atoms with Gasteiger partial charge in [0.25, 0.3) is 0 Å². The summed E-state index contributed by atoms with van der Waals surface area (Å²) in [5, 5.41) is 2.91. The van der Waals surface area contributed by atoms with E-state index >= 15 is 0 Å². The van der Waals surface area contributed by atoms with Crippen LogP contribution < -0.4 is 10.1 Å². The van der Waals surface area contributed by atoms with E-state index in [1.807, 2.05) is 24.3 Å². The van der Waals surface area contributed by atoms with Crippen molar-refractivity contribution in [3.05, 3.63) is 24.3 Å². The molecule has 1 aromatic rings. The molecule has 0 aliphatic rings. The van der Waals surface area contributed by atoms with Crippen molar-refractivity contribution in [2.75, 3.05) is 31.6 Å². The number of carbonyl (C=O) groups excluding carboxylic acids is 1. The van der Waals surface area contributed by atoms with E-state index in [9.17, 15) is 4.79 Å². The molecule has 0 fully saturated rings. The number of amides is 1. The first kappa shape index (κ1) is 20.7. The highest BCUT2D eigenvalue weighted by atomic mass is 35.5. The number of carbonyl (C=O) groups is 1. The van der Waals surface area contributed by atoms with Crippen molar-refractivity contribution in [3.8, 4) is 5.75 Å². The molecule has 0 heterocycles. The Morgan fingerprint density at radius 3 is 2.27 bits per heavy atom. The minimum atomic E-state index is 0. The summed E-state index contributed by atoms with van der Waals surface area (Å²) in [5.41, 5.74) is 0.813. The van der Waals surface area contributed by atoms with Crippen LogP contribution in [0.5, 0.6) is 5.75 Å². The number of benzene rings is 1. The third-order valence-corrected chi connectivity index (χ3v) is 3.42. The van der Waals surface area contributed by atoms with E-state index in [-0.39, 0.29) is 18.3 Å². The second-order valence-corrected chi connectivity index (χ2v) is 5.09. The van der Waals surface area contributed by atoms with E-state index < -0.39 is 0 Å². The van der Waals surface area contributed by atoms with Crippen LogP contribution in [-0.2, 0) is 4.79 Å². The summed E-state index contributed by atoms with van der Waals surface area (Å²) >= 11 is 0. The van der Waals surface area contributed by atoms with Crippen LogP contribution in [0.25, 0.3) is 0 Å². The number of ether oxygens (including phenoxy) is 1. The van der Waals surface area contributed by atoms with Crippen molar-refractivity contribution in [2.45, 2.75) is 40.0 Å². The van der Waals surface area contributed by atoms with Crippen molar-refractivity contribution in [1.82, 2.24) is 4.90 Å². The van der Waals surface area contributed by atoms with E-state index in [0.717, 1.165) is 37.6 Å². The predicted octanol–water partition coefficient (Wildman–Crippen LogP) is 3.96. The predicted molar refractivity (Wildman–Crippen MR) is 95.1 cm³/mol. The molecule has 1 N–H and O–H groups in total. The van der Waals surface area contributed by atoms with Crippen molar-refractivity contribution in [1.29, 1.82) is 0 Å². The lowest BCUT2D eigenvalue weighted by Crippen LogP contribution is -2.32. The fourth-order valence-electron chi connectivity index (χ4n) is 2.03. The van der Waals surface area contributed by atoms with Crippen molar-refractivity contribution < 1.29 is 9.53 Å². The molecule has 0 aliphatic carbocycles. The summed E-state index contributed by atoms with van der Waals surface area (Å²) in [6.45, 7) is 9.24. The standard InChI is InChI=1S/C17H28N2O2.ClH/c1-4-7-8-13-21-16-11-9-15(10-12-16)18-17(20)14-19(5-2)6-3;/h9-12H,4-8,13-14H2,1-3H3,(H,18,20);1H. The number of anilines is 1. The van der Waals surface area contributed by atoms with Gasteiger partial charge in [-0.3, -0.25) is 9.69 Å². The van der Waals surface area contributed by atoms with Crippen LogP contribution in [-0.4, -0.2) is 37.0 Å². The number of likely N-dealkylation sites (N-methyl/N-ethyl adjacent to an activating group) is 1. The molecule has 0 aliphatic heterocycles. The quantitative estimate of drug-likeness (QED) is 0.661. The molecule has 126 valence electrons. The number of hydrogen-bond donors (Lipinski definition) is 1. The summed E-state index contributed by atoms with van der Waals surface area (Å²) in [6, 6.07) is 7.57. The fraction of sp³-hybridized carbons (Fsp3) is 0.588. The molecule has 0 bridgehead atoms. The molecule has 0 saturated heterocycles. The molecule has 0 saturated carbocycles. The van der Waals surface area contributed by atoms with Gasteiger partial charge < -0.3 is 10.1 Å². The lowest BCUT2D eigenvalue weighted by molar-refractivity contribution is -0.117. The average molecular weight is 329 g/mol. The van der Waals surface area contributed by atoms with Crippen LogP contribution >= 0.6 is 12.4 Å². The Labute approximate surface area is 140 Å². The maximum atomic E-state index is 11.9. The summed E-state index contributed by atoms with van der Waals surface area (Å²) in [5.74, 6) is 0.878. The third-order valence-electron chi connectivity index (χ3n) is 3.42. The second kappa shape index (κ2) is 12.3. The molecule has 5 heteroatoms. The molecule has 0 radical (unpaired) electrons. The van der Waals surface area contributed by atoms with Gasteiger partial charge in [0.2, 0.25) is 5.91 Å². The van der Waals surface area contributed by atoms with Crippen molar-refractivity contribution >= 4 is 24.0 Å². The van der Waals surface area contributed by atoms with Crippen LogP contribution in [0.2, 0.25) is 0 Å². The molecule has 1 aromatic carbocycles. The first-order valence-electron chi connectivity index (χ1n) is 7.94. The number of nitrogens with one attached hydrogen (secondary N) is 1. The van der Waals surface area contributed by atoms with E-state index in [0.29, 0.717) is 6.54 Å². The van der Waals surface area contributed by atoms with Crippen LogP contribution in [0.15, 0.2) is 24.3 Å². The zero-order valence-electron chi connectivity index (χ0n) is 13.9. The Balaban J connectivity index is 0.00000441. The monoisotopic (exact) mass is 328 g/mol. The van der Waals surface area contributed by atoms with Gasteiger partial charge in [-0.1, -0.05) is 33.6 Å². The topological polar surface area (TPSA) is 41.6 Å². The minimum Gasteiger partial charge on any atom is -0.494 e. The molecule has 1 amide bonds. The molecule has 0 unspecified atom stereocenters. The fourth-order valence-corrected chi connectivity index (χ4v) is 2.03. The van der Waals surface area contributed by atoms with E-state index in [4.69, 9.17) is 4.74 Å². The van der Waals surface area contributed by atoms with E-state index in [1.165, 1.54) is 12.8 Å². The van der Waals surface area contributed by atoms with Crippen molar-refractivity contribution in [3.63, 3.8) is 0 Å². The molecular weight excluding hydrogens is 300 g/mol. The molecule has 0 spiro atoms. The highest BCUT2D eigenvalue weighted by Gasteiger charge is 2.07. The molecule has 4 nitrogen and oxygen atoms in total. The zero-order chi connectivity index (χ0) is 15.5. The average Bonchev–Trinajstić information content (AvgIpc) is 2.51. The van der Waals surface area contributed by atoms with Gasteiger partial charge in [0.1, 0.15) is 5.75 Å². The maximum Gasteiger partial charge on any atom is 0.238 e. The van der Waals surface area contributed by atoms with E-state index in [2.05, 4.69) is 31.0 Å². The molecule has 1 rings (SSSR count). The zero-order valence-corrected chi connectivity index (χ0v) is 14.7. The smallest absolute Gasteiger partial charge is 0.238 e. The Morgan fingerprint density at radius 2 is 1.73 bits per heavy atom. The van der Waals surface area contributed by atoms with Crippen LogP contribution in [0.1, 0.15) is 40.0 Å². The lowest BCUT2D eigenvalue weighted by Gasteiger charge is -2.17. The molecule has 22 heavy (non-hydrogen) atoms. The number of nitrogens with zero attached hydrogens (tertiary/aromatic N) is 1. The lowest BCUT2D eigenvalue weighted by atomic mass is 10.2. The van der Waals surface area contributed by atoms with Crippen LogP contribution in [0.4, 0.5) is 5.69 Å². The first-order valence-corrected chi connectivity index (χ1v) is 7.94. The molecule has 0 aromatic heterocycles. The highest BCUT2D eigenvalue weighted by molar-refractivity contribution is 5.92. The Kier molecular flexibility index (Phi) is 11.6. The van der Waals surface area contributed by atoms with Crippen LogP contribution in [0.3, 0.4) is 0 Å². The van der Waals surface area contributed by atoms with Gasteiger partial charge in [-0.2, -0.15) is 0 Å². The van der Waals surface area contributed by atoms with Crippen LogP contribution in [0, 0.1) is 0 Å². The summed E-state index contributed by atoms with van der Waals surface area (Å²) in [7, 11) is 0. The first-order chi connectivity index (χ1) is 10.2. The van der Waals surface area contributed by atoms with Gasteiger partial charge in [0, 0.05) is 5.69 Å². The van der Waals surface area contributed by atoms with Gasteiger partial charge in [-0.15, -0.1) is 12.4 Å². The van der Waals surface area contributed by atoms with Gasteiger partial charge in [-0.05, 0) is 43.8 Å². The number of rotatable bonds is 10. The Hall–Kier alpha value is -1.26. The largest absolute Gasteiger partial charge is 0.494 e. The molecule has 0 atom stereocenters. The van der Waals surface area contributed by atoms with E-state index in [1.54, 1.807) is 0 Å². The Bertz CT molecular complexity index is 406. The summed E-state index contributed by atoms with van der Waals surface area (Å²) in [4.78, 5) is 14.0. The summed E-state index contributed by atoms with van der Waals surface area (Å²) < 4.78 is 5.65. The Morgan fingerprint density at radius 1 is 1.09 bits per heavy atom. The van der Waals surface area contributed by atoms with Gasteiger partial charge in [0.15, 0.2) is 0 Å². The molecular formula is C17H29ClN2O2. The highest BCUT2D eigenvalue weighted by Crippen LogP contribution is 2.16. The summed E-state index contributed by atoms with van der Waals surface area (Å²) in [6.07, 6.45) is 3.47. The number of halogens is 1. The number of hydrogen-bond acceptors (Lipinski definition) is 3. The van der Waals surface area contributed by atoms with Crippen molar-refractivity contribution in [2.24, 2.45) is 0 Å². The maximum absolute atomic E-state index is 11.9. The number of unbranched alkanes of at least 4 members (excludes halogenated alkanes) is 2. The third kappa shape index (κ3) is 8.25. The minimum absolute atomic E-state index is 0. The second-order valence-electron chi connectivity index (χ2n) is 5.09. The van der Waals surface area contributed by atoms with Gasteiger partial charge >= 0.3 is 0 Å². The SMILES string of the molecule is CCCCCOc1ccc(NC(=O)CN(CC)CC)cc1.Cl.